The quantitative estimate of drug-likeness (QED) is 0.330. The Morgan fingerprint density at radius 2 is 1.86 bits per heavy atom. The molecule has 7 rings (SSSR count). The highest BCUT2D eigenvalue weighted by Gasteiger charge is 2.43. The molecule has 3 fully saturated rings. The summed E-state index contributed by atoms with van der Waals surface area (Å²) in [5.74, 6) is 1.28. The van der Waals surface area contributed by atoms with E-state index >= 15 is 0 Å². The van der Waals surface area contributed by atoms with Gasteiger partial charge in [0, 0.05) is 31.9 Å². The Kier molecular flexibility index (Phi) is 7.30. The summed E-state index contributed by atoms with van der Waals surface area (Å²) in [4.78, 5) is 25.4. The predicted octanol–water partition coefficient (Wildman–Crippen LogP) is 6.34. The van der Waals surface area contributed by atoms with Crippen molar-refractivity contribution in [2.45, 2.75) is 89.6 Å². The second kappa shape index (κ2) is 11.2. The zero-order valence-electron chi connectivity index (χ0n) is 25.0. The van der Waals surface area contributed by atoms with Gasteiger partial charge in [-0.3, -0.25) is 4.90 Å². The SMILES string of the molecule is COc1nccc(C)c1N1CCC(N2C(=O)N(Cc3ccccc3C3CC3)c3cn(C4CCCCO4)nc3C2C)CC1. The molecular weight excluding hydrogens is 528 g/mol. The molecule has 5 heterocycles. The number of pyridine rings is 1. The summed E-state index contributed by atoms with van der Waals surface area (Å²) in [6.07, 6.45) is 11.2. The molecule has 3 aromatic rings. The minimum absolute atomic E-state index is 0.0679. The molecule has 2 saturated heterocycles. The van der Waals surface area contributed by atoms with Crippen molar-refractivity contribution in [3.8, 4) is 5.88 Å². The molecule has 0 spiro atoms. The molecule has 3 aliphatic heterocycles. The van der Waals surface area contributed by atoms with E-state index in [1.54, 1.807) is 13.3 Å². The standard InChI is InChI=1S/C33H42N6O3/c1-22-13-16-34-32(41-3)31(22)36-17-14-26(15-18-36)39-23(2)30-28(21-38(35-30)29-10-6-7-19-42-29)37(33(39)40)20-25-8-4-5-9-27(25)24-11-12-24/h4-5,8-9,13,16,21,23-24,26,29H,6-7,10-12,14-15,17-20H2,1-3H3. The number of piperidine rings is 1. The second-order valence-corrected chi connectivity index (χ2v) is 12.3. The number of urea groups is 1. The van der Waals surface area contributed by atoms with Crippen molar-refractivity contribution in [2.24, 2.45) is 0 Å². The lowest BCUT2D eigenvalue weighted by Gasteiger charge is -2.46. The molecule has 1 aliphatic carbocycles. The summed E-state index contributed by atoms with van der Waals surface area (Å²) < 4.78 is 13.7. The van der Waals surface area contributed by atoms with Crippen molar-refractivity contribution in [1.82, 2.24) is 19.7 Å². The van der Waals surface area contributed by atoms with Gasteiger partial charge in [-0.2, -0.15) is 5.10 Å². The maximum Gasteiger partial charge on any atom is 0.325 e. The third-order valence-corrected chi connectivity index (χ3v) is 9.61. The number of anilines is 2. The van der Waals surface area contributed by atoms with Gasteiger partial charge in [-0.25, -0.2) is 14.5 Å². The molecule has 42 heavy (non-hydrogen) atoms. The summed E-state index contributed by atoms with van der Waals surface area (Å²) in [6, 6.07) is 10.8. The molecule has 2 unspecified atom stereocenters. The summed E-state index contributed by atoms with van der Waals surface area (Å²) in [5.41, 5.74) is 6.74. The van der Waals surface area contributed by atoms with E-state index in [1.165, 1.54) is 24.0 Å². The van der Waals surface area contributed by atoms with Gasteiger partial charge in [0.2, 0.25) is 5.88 Å². The Bertz CT molecular complexity index is 1440. The molecular formula is C33H42N6O3. The van der Waals surface area contributed by atoms with Gasteiger partial charge < -0.3 is 19.3 Å². The van der Waals surface area contributed by atoms with Crippen molar-refractivity contribution < 1.29 is 14.3 Å². The molecule has 0 bridgehead atoms. The Morgan fingerprint density at radius 1 is 1.05 bits per heavy atom. The van der Waals surface area contributed by atoms with E-state index < -0.39 is 0 Å². The number of hydrogen-bond donors (Lipinski definition) is 0. The Labute approximate surface area is 248 Å². The third-order valence-electron chi connectivity index (χ3n) is 9.61. The molecule has 0 radical (unpaired) electrons. The van der Waals surface area contributed by atoms with E-state index in [4.69, 9.17) is 14.6 Å². The molecule has 1 aromatic carbocycles. The molecule has 9 heteroatoms. The van der Waals surface area contributed by atoms with Crippen molar-refractivity contribution in [2.75, 3.05) is 36.6 Å². The molecule has 9 nitrogen and oxygen atoms in total. The van der Waals surface area contributed by atoms with Crippen LogP contribution in [0.25, 0.3) is 0 Å². The van der Waals surface area contributed by atoms with E-state index in [0.29, 0.717) is 18.3 Å². The number of nitrogens with zero attached hydrogens (tertiary/aromatic N) is 6. The van der Waals surface area contributed by atoms with Crippen LogP contribution >= 0.6 is 0 Å². The highest BCUT2D eigenvalue weighted by molar-refractivity contribution is 5.95. The number of methoxy groups -OCH3 is 1. The van der Waals surface area contributed by atoms with Crippen LogP contribution in [-0.4, -0.2) is 58.5 Å². The predicted molar refractivity (Wildman–Crippen MR) is 162 cm³/mol. The fourth-order valence-electron chi connectivity index (χ4n) is 7.21. The number of carbonyl (C=O) groups excluding carboxylic acids is 1. The molecule has 0 N–H and O–H groups in total. The van der Waals surface area contributed by atoms with E-state index in [9.17, 15) is 4.79 Å². The molecule has 1 saturated carbocycles. The average molecular weight is 571 g/mol. The number of aryl methyl sites for hydroxylation is 1. The normalized spacial score (nSPS) is 23.3. The van der Waals surface area contributed by atoms with Gasteiger partial charge in [-0.1, -0.05) is 24.3 Å². The van der Waals surface area contributed by atoms with Gasteiger partial charge in [-0.15, -0.1) is 0 Å². The second-order valence-electron chi connectivity index (χ2n) is 12.3. The third kappa shape index (κ3) is 4.91. The Morgan fingerprint density at radius 3 is 2.60 bits per heavy atom. The number of fused-ring (bicyclic) bond motifs is 1. The highest BCUT2D eigenvalue weighted by atomic mass is 16.5. The lowest BCUT2D eigenvalue weighted by Crippen LogP contribution is -2.55. The first kappa shape index (κ1) is 27.3. The topological polar surface area (TPSA) is 76.0 Å². The highest BCUT2D eigenvalue weighted by Crippen LogP contribution is 2.44. The number of amides is 2. The number of carbonyl (C=O) groups is 1. The fraction of sp³-hybridized carbons (Fsp3) is 0.545. The summed E-state index contributed by atoms with van der Waals surface area (Å²) >= 11 is 0. The van der Waals surface area contributed by atoms with E-state index in [-0.39, 0.29) is 24.3 Å². The van der Waals surface area contributed by atoms with Crippen LogP contribution in [0.4, 0.5) is 16.2 Å². The monoisotopic (exact) mass is 570 g/mol. The van der Waals surface area contributed by atoms with Gasteiger partial charge in [0.05, 0.1) is 31.6 Å². The van der Waals surface area contributed by atoms with Crippen LogP contribution in [-0.2, 0) is 11.3 Å². The van der Waals surface area contributed by atoms with Crippen molar-refractivity contribution in [1.29, 1.82) is 0 Å². The van der Waals surface area contributed by atoms with Crippen LogP contribution < -0.4 is 14.5 Å². The first-order valence-electron chi connectivity index (χ1n) is 15.7. The maximum atomic E-state index is 14.5. The summed E-state index contributed by atoms with van der Waals surface area (Å²) in [6.45, 7) is 7.24. The van der Waals surface area contributed by atoms with Crippen molar-refractivity contribution in [3.05, 3.63) is 65.1 Å². The van der Waals surface area contributed by atoms with Crippen molar-refractivity contribution >= 4 is 17.4 Å². The van der Waals surface area contributed by atoms with Crippen LogP contribution in [0.5, 0.6) is 5.88 Å². The van der Waals surface area contributed by atoms with E-state index in [1.807, 2.05) is 15.6 Å². The van der Waals surface area contributed by atoms with Crippen LogP contribution in [0.15, 0.2) is 42.7 Å². The lowest BCUT2D eigenvalue weighted by atomic mass is 9.97. The molecule has 4 aliphatic rings. The average Bonchev–Trinajstić information content (AvgIpc) is 3.77. The zero-order valence-corrected chi connectivity index (χ0v) is 25.0. The molecule has 2 atom stereocenters. The minimum Gasteiger partial charge on any atom is -0.480 e. The van der Waals surface area contributed by atoms with Gasteiger partial charge in [0.15, 0.2) is 0 Å². The number of rotatable bonds is 7. The zero-order chi connectivity index (χ0) is 28.8. The Balaban J connectivity index is 1.19. The van der Waals surface area contributed by atoms with E-state index in [0.717, 1.165) is 74.4 Å². The minimum atomic E-state index is -0.113. The van der Waals surface area contributed by atoms with Crippen LogP contribution in [0.1, 0.15) is 92.4 Å². The summed E-state index contributed by atoms with van der Waals surface area (Å²) in [7, 11) is 1.68. The van der Waals surface area contributed by atoms with Crippen LogP contribution in [0.3, 0.4) is 0 Å². The number of benzene rings is 1. The Hall–Kier alpha value is -3.59. The number of hydrogen-bond acceptors (Lipinski definition) is 6. The molecule has 222 valence electrons. The van der Waals surface area contributed by atoms with Crippen LogP contribution in [0, 0.1) is 6.92 Å². The number of aromatic nitrogens is 3. The van der Waals surface area contributed by atoms with Gasteiger partial charge in [0.1, 0.15) is 17.6 Å². The first-order valence-corrected chi connectivity index (χ1v) is 15.7. The van der Waals surface area contributed by atoms with Crippen molar-refractivity contribution in [3.63, 3.8) is 0 Å². The van der Waals surface area contributed by atoms with E-state index in [2.05, 4.69) is 59.1 Å². The van der Waals surface area contributed by atoms with Gasteiger partial charge in [-0.05, 0) is 87.5 Å². The fourth-order valence-corrected chi connectivity index (χ4v) is 7.21. The largest absolute Gasteiger partial charge is 0.480 e. The summed E-state index contributed by atoms with van der Waals surface area (Å²) in [5, 5.41) is 5.11. The molecule has 2 amide bonds. The smallest absolute Gasteiger partial charge is 0.325 e. The first-order chi connectivity index (χ1) is 20.5. The van der Waals surface area contributed by atoms with Crippen LogP contribution in [0.2, 0.25) is 0 Å². The number of ether oxygens (including phenoxy) is 2. The van der Waals surface area contributed by atoms with Gasteiger partial charge in [0.25, 0.3) is 0 Å². The van der Waals surface area contributed by atoms with Gasteiger partial charge >= 0.3 is 6.03 Å². The molecule has 2 aromatic heterocycles. The lowest BCUT2D eigenvalue weighted by molar-refractivity contribution is -0.0398. The maximum absolute atomic E-state index is 14.5.